The Morgan fingerprint density at radius 2 is 1.94 bits per heavy atom. The van der Waals surface area contributed by atoms with Gasteiger partial charge in [-0.25, -0.2) is 8.42 Å². The summed E-state index contributed by atoms with van der Waals surface area (Å²) >= 11 is 0. The Balaban J connectivity index is 2.59. The molecule has 0 unspecified atom stereocenters. The first kappa shape index (κ1) is 15.0. The Morgan fingerprint density at radius 3 is 2.56 bits per heavy atom. The highest BCUT2D eigenvalue weighted by Gasteiger charge is 2.16. The highest BCUT2D eigenvalue weighted by Crippen LogP contribution is 2.18. The molecule has 0 amide bonds. The summed E-state index contributed by atoms with van der Waals surface area (Å²) in [5, 5.41) is 8.54. The first-order valence-corrected chi connectivity index (χ1v) is 7.72. The molecule has 0 bridgehead atoms. The van der Waals surface area contributed by atoms with Crippen LogP contribution in [0.2, 0.25) is 0 Å². The van der Waals surface area contributed by atoms with Gasteiger partial charge in [-0.1, -0.05) is 18.2 Å². The minimum absolute atomic E-state index is 0.0120. The molecular formula is C13H20O4S. The summed E-state index contributed by atoms with van der Waals surface area (Å²) < 4.78 is 28.7. The van der Waals surface area contributed by atoms with Crippen LogP contribution in [0.5, 0.6) is 5.75 Å². The van der Waals surface area contributed by atoms with Crippen LogP contribution in [-0.4, -0.2) is 37.7 Å². The van der Waals surface area contributed by atoms with Crippen molar-refractivity contribution in [2.75, 3.05) is 19.0 Å². The maximum absolute atomic E-state index is 11.6. The Bertz CT molecular complexity index is 466. The van der Waals surface area contributed by atoms with Gasteiger partial charge in [0.25, 0.3) is 0 Å². The average molecular weight is 272 g/mol. The summed E-state index contributed by atoms with van der Waals surface area (Å²) in [7, 11) is -3.07. The molecule has 1 aromatic carbocycles. The van der Waals surface area contributed by atoms with E-state index in [2.05, 4.69) is 0 Å². The van der Waals surface area contributed by atoms with E-state index in [1.807, 2.05) is 18.2 Å². The summed E-state index contributed by atoms with van der Waals surface area (Å²) in [5.74, 6) is 0.656. The zero-order valence-electron chi connectivity index (χ0n) is 10.8. The van der Waals surface area contributed by atoms with Gasteiger partial charge < -0.3 is 9.84 Å². The van der Waals surface area contributed by atoms with Crippen LogP contribution < -0.4 is 4.74 Å². The van der Waals surface area contributed by atoms with Crippen molar-refractivity contribution in [2.45, 2.75) is 25.5 Å². The third-order valence-corrected chi connectivity index (χ3v) is 4.87. The second-order valence-corrected chi connectivity index (χ2v) is 7.02. The molecule has 0 aliphatic carbocycles. The van der Waals surface area contributed by atoms with Gasteiger partial charge in [0.05, 0.1) is 11.0 Å². The molecule has 0 radical (unpaired) electrons. The van der Waals surface area contributed by atoms with E-state index in [1.165, 1.54) is 0 Å². The van der Waals surface area contributed by atoms with Crippen LogP contribution in [0.1, 0.15) is 19.4 Å². The smallest absolute Gasteiger partial charge is 0.155 e. The van der Waals surface area contributed by atoms with Crippen molar-refractivity contribution in [1.82, 2.24) is 0 Å². The van der Waals surface area contributed by atoms with Crippen molar-refractivity contribution >= 4 is 9.84 Å². The first-order valence-electron chi connectivity index (χ1n) is 6.00. The summed E-state index contributed by atoms with van der Waals surface area (Å²) in [6.45, 7) is 3.51. The van der Waals surface area contributed by atoms with Crippen molar-refractivity contribution in [3.8, 4) is 5.75 Å². The molecule has 1 N–H and O–H groups in total. The third-order valence-electron chi connectivity index (χ3n) is 2.70. The van der Waals surface area contributed by atoms with Gasteiger partial charge in [-0.15, -0.1) is 0 Å². The number of ether oxygens (including phenoxy) is 1. The quantitative estimate of drug-likeness (QED) is 0.815. The van der Waals surface area contributed by atoms with Crippen LogP contribution in [0.15, 0.2) is 24.3 Å². The molecule has 18 heavy (non-hydrogen) atoms. The van der Waals surface area contributed by atoms with Gasteiger partial charge in [-0.3, -0.25) is 0 Å². The van der Waals surface area contributed by atoms with Gasteiger partial charge in [-0.05, 0) is 31.9 Å². The highest BCUT2D eigenvalue weighted by atomic mass is 32.2. The molecule has 0 saturated heterocycles. The van der Waals surface area contributed by atoms with Crippen LogP contribution >= 0.6 is 0 Å². The molecular weight excluding hydrogens is 252 g/mol. The van der Waals surface area contributed by atoms with E-state index >= 15 is 0 Å². The lowest BCUT2D eigenvalue weighted by molar-refractivity contribution is 0.292. The molecule has 0 spiro atoms. The van der Waals surface area contributed by atoms with Crippen molar-refractivity contribution in [1.29, 1.82) is 0 Å². The molecule has 1 rings (SSSR count). The molecule has 5 heteroatoms. The third kappa shape index (κ3) is 4.31. The van der Waals surface area contributed by atoms with Gasteiger partial charge in [0.15, 0.2) is 9.84 Å². The summed E-state index contributed by atoms with van der Waals surface area (Å²) in [4.78, 5) is 0. The average Bonchev–Trinajstić information content (AvgIpc) is 2.31. The number of sulfone groups is 1. The Kier molecular flexibility index (Phi) is 5.62. The Hall–Kier alpha value is -1.07. The monoisotopic (exact) mass is 272 g/mol. The van der Waals surface area contributed by atoms with E-state index in [0.717, 1.165) is 5.56 Å². The van der Waals surface area contributed by atoms with Crippen molar-refractivity contribution in [3.63, 3.8) is 0 Å². The lowest BCUT2D eigenvalue weighted by Crippen LogP contribution is -2.22. The molecule has 4 nitrogen and oxygen atoms in total. The van der Waals surface area contributed by atoms with Crippen LogP contribution in [0, 0.1) is 0 Å². The molecule has 0 heterocycles. The fourth-order valence-electron chi connectivity index (χ4n) is 1.48. The second-order valence-electron chi connectivity index (χ2n) is 4.35. The van der Waals surface area contributed by atoms with Gasteiger partial charge in [0.2, 0.25) is 0 Å². The van der Waals surface area contributed by atoms with Gasteiger partial charge in [0, 0.05) is 6.61 Å². The number of para-hydroxylation sites is 1. The van der Waals surface area contributed by atoms with Gasteiger partial charge in [0.1, 0.15) is 12.4 Å². The number of aliphatic hydroxyl groups is 1. The maximum atomic E-state index is 11.6. The van der Waals surface area contributed by atoms with Gasteiger partial charge in [-0.2, -0.15) is 0 Å². The minimum Gasteiger partial charge on any atom is -0.492 e. The van der Waals surface area contributed by atoms with Crippen LogP contribution in [0.4, 0.5) is 0 Å². The maximum Gasteiger partial charge on any atom is 0.155 e. The predicted octanol–water partition coefficient (Wildman–Crippen LogP) is 1.42. The summed E-state index contributed by atoms with van der Waals surface area (Å²) in [6, 6.07) is 7.34. The number of hydrogen-bond donors (Lipinski definition) is 1. The summed E-state index contributed by atoms with van der Waals surface area (Å²) in [6.07, 6.45) is 0.507. The SMILES string of the molecule is CC(C)S(=O)(=O)CCOc1ccccc1CCO. The normalized spacial score (nSPS) is 11.8. The zero-order valence-corrected chi connectivity index (χ0v) is 11.6. The lowest BCUT2D eigenvalue weighted by atomic mass is 10.1. The fraction of sp³-hybridized carbons (Fsp3) is 0.538. The lowest BCUT2D eigenvalue weighted by Gasteiger charge is -2.12. The number of rotatable bonds is 7. The van der Waals surface area contributed by atoms with Crippen LogP contribution in [0.25, 0.3) is 0 Å². The van der Waals surface area contributed by atoms with E-state index in [-0.39, 0.29) is 24.2 Å². The van der Waals surface area contributed by atoms with E-state index in [0.29, 0.717) is 12.2 Å². The molecule has 0 aliphatic rings. The number of aliphatic hydroxyl groups excluding tert-OH is 1. The van der Waals surface area contributed by atoms with E-state index in [4.69, 9.17) is 9.84 Å². The van der Waals surface area contributed by atoms with E-state index in [1.54, 1.807) is 19.9 Å². The standard InChI is InChI=1S/C13H20O4S/c1-11(2)18(15,16)10-9-17-13-6-4-3-5-12(13)7-8-14/h3-6,11,14H,7-10H2,1-2H3. The zero-order chi connectivity index (χ0) is 13.6. The van der Waals surface area contributed by atoms with E-state index < -0.39 is 9.84 Å². The molecule has 0 aliphatic heterocycles. The largest absolute Gasteiger partial charge is 0.492 e. The van der Waals surface area contributed by atoms with Crippen molar-refractivity contribution in [3.05, 3.63) is 29.8 Å². The number of benzene rings is 1. The molecule has 0 fully saturated rings. The summed E-state index contributed by atoms with van der Waals surface area (Å²) in [5.41, 5.74) is 0.891. The fourth-order valence-corrected chi connectivity index (χ4v) is 2.26. The number of hydrogen-bond acceptors (Lipinski definition) is 4. The molecule has 0 aromatic heterocycles. The van der Waals surface area contributed by atoms with Crippen molar-refractivity contribution < 1.29 is 18.3 Å². The van der Waals surface area contributed by atoms with Crippen LogP contribution in [-0.2, 0) is 16.3 Å². The topological polar surface area (TPSA) is 63.6 Å². The highest BCUT2D eigenvalue weighted by molar-refractivity contribution is 7.91. The first-order chi connectivity index (χ1) is 8.47. The molecule has 1 aromatic rings. The van der Waals surface area contributed by atoms with Crippen molar-refractivity contribution in [2.24, 2.45) is 0 Å². The Morgan fingerprint density at radius 1 is 1.28 bits per heavy atom. The second kappa shape index (κ2) is 6.75. The van der Waals surface area contributed by atoms with Gasteiger partial charge >= 0.3 is 0 Å². The predicted molar refractivity (Wildman–Crippen MR) is 71.6 cm³/mol. The van der Waals surface area contributed by atoms with Crippen LogP contribution in [0.3, 0.4) is 0 Å². The molecule has 102 valence electrons. The minimum atomic E-state index is -3.07. The molecule has 0 atom stereocenters. The molecule has 0 saturated carbocycles. The van der Waals surface area contributed by atoms with E-state index in [9.17, 15) is 8.42 Å². The Labute approximate surface area is 109 Å².